The number of ether oxygens (including phenoxy) is 1. The molecule has 0 saturated carbocycles. The van der Waals surface area contributed by atoms with E-state index in [0.29, 0.717) is 22.0 Å². The maximum absolute atomic E-state index is 14.0. The van der Waals surface area contributed by atoms with E-state index in [9.17, 15) is 18.0 Å². The van der Waals surface area contributed by atoms with Crippen LogP contribution in [0.4, 0.5) is 5.69 Å². The fraction of sp³-hybridized carbons (Fsp3) is 0.286. The van der Waals surface area contributed by atoms with Crippen molar-refractivity contribution in [3.05, 3.63) is 94.5 Å². The lowest BCUT2D eigenvalue weighted by atomic mass is 10.0. The molecular weight excluding hydrogens is 526 g/mol. The predicted molar refractivity (Wildman–Crippen MR) is 150 cm³/mol. The lowest BCUT2D eigenvalue weighted by Gasteiger charge is -2.33. The van der Waals surface area contributed by atoms with E-state index in [2.05, 4.69) is 5.32 Å². The van der Waals surface area contributed by atoms with E-state index < -0.39 is 28.5 Å². The van der Waals surface area contributed by atoms with Crippen LogP contribution in [0.2, 0.25) is 5.02 Å². The third kappa shape index (κ3) is 7.26. The quantitative estimate of drug-likeness (QED) is 0.387. The summed E-state index contributed by atoms with van der Waals surface area (Å²) in [6.45, 7) is 1.25. The average molecular weight is 558 g/mol. The van der Waals surface area contributed by atoms with Gasteiger partial charge < -0.3 is 15.0 Å². The van der Waals surface area contributed by atoms with Gasteiger partial charge in [-0.25, -0.2) is 8.42 Å². The summed E-state index contributed by atoms with van der Waals surface area (Å²) in [4.78, 5) is 28.5. The van der Waals surface area contributed by atoms with Crippen molar-refractivity contribution < 1.29 is 22.7 Å². The highest BCUT2D eigenvalue weighted by Crippen LogP contribution is 2.29. The average Bonchev–Trinajstić information content (AvgIpc) is 2.90. The van der Waals surface area contributed by atoms with Crippen molar-refractivity contribution in [1.82, 2.24) is 10.2 Å². The van der Waals surface area contributed by atoms with Crippen LogP contribution in [0.15, 0.2) is 72.8 Å². The molecule has 1 N–H and O–H groups in total. The molecule has 3 aromatic rings. The summed E-state index contributed by atoms with van der Waals surface area (Å²) in [7, 11) is -0.823. The summed E-state index contributed by atoms with van der Waals surface area (Å²) in [5.74, 6) is -0.307. The van der Waals surface area contributed by atoms with Gasteiger partial charge in [0.25, 0.3) is 0 Å². The number of carbonyl (C=O) groups excluding carboxylic acids is 2. The first-order chi connectivity index (χ1) is 18.0. The van der Waals surface area contributed by atoms with E-state index in [1.165, 1.54) is 11.9 Å². The lowest BCUT2D eigenvalue weighted by molar-refractivity contribution is -0.139. The molecule has 3 rings (SSSR count). The Balaban J connectivity index is 2.06. The minimum Gasteiger partial charge on any atom is -0.497 e. The molecule has 3 aromatic carbocycles. The second-order valence-corrected chi connectivity index (χ2v) is 11.2. The Morgan fingerprint density at radius 2 is 1.66 bits per heavy atom. The van der Waals surface area contributed by atoms with Crippen molar-refractivity contribution in [3.63, 3.8) is 0 Å². The minimum atomic E-state index is -3.87. The molecule has 0 aliphatic rings. The zero-order valence-corrected chi connectivity index (χ0v) is 23.4. The predicted octanol–water partition coefficient (Wildman–Crippen LogP) is 3.81. The second kappa shape index (κ2) is 12.8. The van der Waals surface area contributed by atoms with Crippen LogP contribution >= 0.6 is 11.6 Å². The molecule has 0 aliphatic carbocycles. The third-order valence-corrected chi connectivity index (χ3v) is 7.73. The Labute approximate surface area is 229 Å². The summed E-state index contributed by atoms with van der Waals surface area (Å²) in [6.07, 6.45) is 1.28. The molecule has 202 valence electrons. The molecule has 0 spiro atoms. The molecule has 0 bridgehead atoms. The molecule has 0 unspecified atom stereocenters. The number of benzene rings is 3. The Bertz CT molecular complexity index is 1380. The van der Waals surface area contributed by atoms with Crippen molar-refractivity contribution in [2.75, 3.05) is 31.3 Å². The maximum atomic E-state index is 14.0. The van der Waals surface area contributed by atoms with Crippen LogP contribution in [0.5, 0.6) is 5.75 Å². The van der Waals surface area contributed by atoms with Gasteiger partial charge >= 0.3 is 0 Å². The van der Waals surface area contributed by atoms with Gasteiger partial charge in [-0.1, -0.05) is 60.1 Å². The van der Waals surface area contributed by atoms with Crippen molar-refractivity contribution in [1.29, 1.82) is 0 Å². The summed E-state index contributed by atoms with van der Waals surface area (Å²) in [5.41, 5.74) is 2.41. The number of halogens is 1. The Morgan fingerprint density at radius 1 is 1.00 bits per heavy atom. The zero-order chi connectivity index (χ0) is 27.9. The fourth-order valence-electron chi connectivity index (χ4n) is 4.15. The van der Waals surface area contributed by atoms with E-state index in [0.717, 1.165) is 21.7 Å². The van der Waals surface area contributed by atoms with Crippen molar-refractivity contribution in [2.24, 2.45) is 0 Å². The first-order valence-electron chi connectivity index (χ1n) is 12.0. The summed E-state index contributed by atoms with van der Waals surface area (Å²) in [5, 5.41) is 3.03. The Morgan fingerprint density at radius 3 is 2.29 bits per heavy atom. The van der Waals surface area contributed by atoms with Gasteiger partial charge in [0.15, 0.2) is 0 Å². The van der Waals surface area contributed by atoms with Crippen LogP contribution in [0.3, 0.4) is 0 Å². The molecule has 0 heterocycles. The lowest BCUT2D eigenvalue weighted by Crippen LogP contribution is -2.53. The fourth-order valence-corrected chi connectivity index (χ4v) is 5.22. The molecule has 8 nitrogen and oxygen atoms in total. The van der Waals surface area contributed by atoms with Gasteiger partial charge in [0.2, 0.25) is 21.8 Å². The van der Waals surface area contributed by atoms with Gasteiger partial charge in [-0.3, -0.25) is 13.9 Å². The molecule has 1 atom stereocenters. The highest BCUT2D eigenvalue weighted by molar-refractivity contribution is 7.92. The normalized spacial score (nSPS) is 11.9. The number of sulfonamides is 1. The number of anilines is 1. The van der Waals surface area contributed by atoms with Gasteiger partial charge in [0, 0.05) is 25.0 Å². The van der Waals surface area contributed by atoms with Gasteiger partial charge in [0.1, 0.15) is 18.3 Å². The van der Waals surface area contributed by atoms with Gasteiger partial charge in [0.05, 0.1) is 19.1 Å². The number of nitrogens with one attached hydrogen (secondary N) is 1. The van der Waals surface area contributed by atoms with Crippen molar-refractivity contribution in [3.8, 4) is 5.75 Å². The number of rotatable bonds is 11. The number of methoxy groups -OCH3 is 1. The minimum absolute atomic E-state index is 0.0626. The second-order valence-electron chi connectivity index (χ2n) is 8.85. The third-order valence-electron chi connectivity index (χ3n) is 6.19. The van der Waals surface area contributed by atoms with Crippen molar-refractivity contribution in [2.45, 2.75) is 25.9 Å². The number of hydrogen-bond acceptors (Lipinski definition) is 5. The number of likely N-dealkylation sites (N-methyl/N-ethyl adjacent to an activating group) is 1. The van der Waals surface area contributed by atoms with Crippen LogP contribution in [0.1, 0.15) is 16.7 Å². The molecule has 0 aromatic heterocycles. The summed E-state index contributed by atoms with van der Waals surface area (Å²) in [6, 6.07) is 20.5. The molecule has 0 saturated heterocycles. The van der Waals surface area contributed by atoms with Crippen molar-refractivity contribution >= 4 is 39.1 Å². The van der Waals surface area contributed by atoms with Crippen LogP contribution in [-0.4, -0.2) is 58.1 Å². The van der Waals surface area contributed by atoms with E-state index >= 15 is 0 Å². The molecule has 2 amide bonds. The number of amides is 2. The van der Waals surface area contributed by atoms with Gasteiger partial charge in [-0.2, -0.15) is 0 Å². The van der Waals surface area contributed by atoms with Gasteiger partial charge in [-0.15, -0.1) is 0 Å². The van der Waals surface area contributed by atoms with Crippen LogP contribution in [-0.2, 0) is 32.6 Å². The molecular formula is C28H32ClN3O5S. The molecule has 0 radical (unpaired) electrons. The highest BCUT2D eigenvalue weighted by atomic mass is 35.5. The van der Waals surface area contributed by atoms with Crippen LogP contribution in [0, 0.1) is 6.92 Å². The monoisotopic (exact) mass is 557 g/mol. The van der Waals surface area contributed by atoms with Crippen LogP contribution < -0.4 is 14.4 Å². The number of hydrogen-bond donors (Lipinski definition) is 1. The topological polar surface area (TPSA) is 96.0 Å². The smallest absolute Gasteiger partial charge is 0.244 e. The molecule has 38 heavy (non-hydrogen) atoms. The standard InChI is InChI=1S/C28H32ClN3O5S/c1-20-24(29)14-9-15-25(20)32(38(4,35)36)19-27(33)31(18-22-12-8-13-23(16-22)37-3)26(28(34)30-2)17-21-10-6-5-7-11-21/h5-16,26H,17-19H2,1-4H3,(H,30,34)/t26-/m0/s1. The Hall–Kier alpha value is -3.56. The zero-order valence-electron chi connectivity index (χ0n) is 21.8. The summed E-state index contributed by atoms with van der Waals surface area (Å²) >= 11 is 6.26. The molecule has 0 fully saturated rings. The highest BCUT2D eigenvalue weighted by Gasteiger charge is 2.33. The van der Waals surface area contributed by atoms with Gasteiger partial charge in [-0.05, 0) is 47.9 Å². The van der Waals surface area contributed by atoms with E-state index in [4.69, 9.17) is 16.3 Å². The number of nitrogens with zero attached hydrogens (tertiary/aromatic N) is 2. The maximum Gasteiger partial charge on any atom is 0.244 e. The first kappa shape index (κ1) is 29.0. The van der Waals surface area contributed by atoms with Crippen LogP contribution in [0.25, 0.3) is 0 Å². The summed E-state index contributed by atoms with van der Waals surface area (Å²) < 4.78 is 32.1. The number of carbonyl (C=O) groups is 2. The van der Waals surface area contributed by atoms with E-state index in [1.54, 1.807) is 50.4 Å². The first-order valence-corrected chi connectivity index (χ1v) is 14.2. The van der Waals surface area contributed by atoms with E-state index in [1.807, 2.05) is 36.4 Å². The molecule has 0 aliphatic heterocycles. The SMILES string of the molecule is CNC(=O)[C@H](Cc1ccccc1)N(Cc1cccc(OC)c1)C(=O)CN(c1cccc(Cl)c1C)S(C)(=O)=O. The molecule has 10 heteroatoms. The van der Waals surface area contributed by atoms with E-state index in [-0.39, 0.29) is 18.9 Å². The largest absolute Gasteiger partial charge is 0.497 e. The Kier molecular flexibility index (Phi) is 9.77.